The predicted molar refractivity (Wildman–Crippen MR) is 15.6 cm³/mol. The molecule has 0 bridgehead atoms. The topological polar surface area (TPSA) is 32.6 Å². The maximum absolute atomic E-state index is 7.38. The van der Waals surface area contributed by atoms with Crippen molar-refractivity contribution >= 4 is 6.21 Å². The molecule has 4 heavy (non-hydrogen) atoms. The first-order valence-corrected chi connectivity index (χ1v) is 0.866. The van der Waals surface area contributed by atoms with Crippen molar-refractivity contribution in [1.82, 2.24) is 0 Å². The molecule has 1 radical (unpaired) electrons. The van der Waals surface area contributed by atoms with Crippen molar-refractivity contribution in [3.8, 4) is 0 Å². The van der Waals surface area contributed by atoms with Crippen LogP contribution in [0.4, 0.5) is 0 Å². The maximum Gasteiger partial charge on any atom is 0.0439 e. The van der Waals surface area contributed by atoms with Crippen molar-refractivity contribution in [2.24, 2.45) is 5.16 Å². The van der Waals surface area contributed by atoms with Gasteiger partial charge in [-0.05, 0) is 6.92 Å². The van der Waals surface area contributed by atoms with Crippen LogP contribution in [0.5, 0.6) is 0 Å². The average molecular weight is 58.1 g/mol. The van der Waals surface area contributed by atoms with E-state index in [9.17, 15) is 0 Å². The standard InChI is InChI=1S/C2H4NO/c1-2-3-4/h2,4H,1H2. The van der Waals surface area contributed by atoms with E-state index in [0.717, 1.165) is 6.21 Å². The first-order valence-electron chi connectivity index (χ1n) is 0.866. The third-order valence-electron chi connectivity index (χ3n) is 0.0816. The highest BCUT2D eigenvalue weighted by molar-refractivity contribution is 5.60. The van der Waals surface area contributed by atoms with Gasteiger partial charge < -0.3 is 5.21 Å². The van der Waals surface area contributed by atoms with Crippen LogP contribution in [0.3, 0.4) is 0 Å². The summed E-state index contributed by atoms with van der Waals surface area (Å²) in [5.41, 5.74) is 0. The molecule has 0 saturated carbocycles. The van der Waals surface area contributed by atoms with Gasteiger partial charge in [-0.2, -0.15) is 0 Å². The second-order valence-electron chi connectivity index (χ2n) is 0.298. The number of rotatable bonds is 0. The summed E-state index contributed by atoms with van der Waals surface area (Å²) in [5, 5.41) is 9.88. The summed E-state index contributed by atoms with van der Waals surface area (Å²) in [7, 11) is 0. The Morgan fingerprint density at radius 2 is 2.25 bits per heavy atom. The van der Waals surface area contributed by atoms with Gasteiger partial charge in [0.2, 0.25) is 0 Å². The number of hydrogen-bond acceptors (Lipinski definition) is 2. The van der Waals surface area contributed by atoms with E-state index in [2.05, 4.69) is 12.1 Å². The summed E-state index contributed by atoms with van der Waals surface area (Å²) in [6.45, 7) is 3.06. The molecule has 0 fully saturated rings. The minimum Gasteiger partial charge on any atom is -0.411 e. The molecule has 2 nitrogen and oxygen atoms in total. The molecule has 0 amide bonds. The molecule has 2 heteroatoms. The summed E-state index contributed by atoms with van der Waals surface area (Å²) in [4.78, 5) is 0. The molecule has 0 rings (SSSR count). The Kier molecular flexibility index (Phi) is 2.14. The number of hydrogen-bond donors (Lipinski definition) is 1. The second kappa shape index (κ2) is 2.47. The molecule has 0 heterocycles. The molecule has 0 atom stereocenters. The monoisotopic (exact) mass is 58.0 g/mol. The minimum absolute atomic E-state index is 1.06. The van der Waals surface area contributed by atoms with Gasteiger partial charge >= 0.3 is 0 Å². The van der Waals surface area contributed by atoms with Crippen LogP contribution in [0.2, 0.25) is 0 Å². The smallest absolute Gasteiger partial charge is 0.0439 e. The Hall–Kier alpha value is -0.530. The van der Waals surface area contributed by atoms with Crippen LogP contribution in [-0.2, 0) is 0 Å². The first kappa shape index (κ1) is 3.47. The lowest BCUT2D eigenvalue weighted by Crippen LogP contribution is -1.50. The molecule has 0 aromatic rings. The Morgan fingerprint density at radius 3 is 2.25 bits per heavy atom. The van der Waals surface area contributed by atoms with E-state index in [-0.39, 0.29) is 0 Å². The van der Waals surface area contributed by atoms with E-state index in [4.69, 9.17) is 5.21 Å². The van der Waals surface area contributed by atoms with Crippen LogP contribution in [0, 0.1) is 6.92 Å². The van der Waals surface area contributed by atoms with E-state index in [1.54, 1.807) is 0 Å². The fraction of sp³-hybridized carbons (Fsp3) is 0. The molecule has 0 saturated heterocycles. The third-order valence-corrected chi connectivity index (χ3v) is 0.0816. The van der Waals surface area contributed by atoms with E-state index in [1.807, 2.05) is 0 Å². The molecule has 0 aliphatic carbocycles. The molecule has 0 aromatic carbocycles. The molecule has 0 aromatic heterocycles. The lowest BCUT2D eigenvalue weighted by molar-refractivity contribution is 0.322. The molecule has 0 spiro atoms. The molecule has 1 N–H and O–H groups in total. The molecular weight excluding hydrogens is 54.0 g/mol. The van der Waals surface area contributed by atoms with E-state index in [0.29, 0.717) is 0 Å². The van der Waals surface area contributed by atoms with E-state index in [1.165, 1.54) is 0 Å². The zero-order valence-electron chi connectivity index (χ0n) is 2.18. The largest absolute Gasteiger partial charge is 0.411 e. The van der Waals surface area contributed by atoms with E-state index >= 15 is 0 Å². The number of oxime groups is 1. The van der Waals surface area contributed by atoms with Gasteiger partial charge in [0.25, 0.3) is 0 Å². The summed E-state index contributed by atoms with van der Waals surface area (Å²) >= 11 is 0. The summed E-state index contributed by atoms with van der Waals surface area (Å²) in [6.07, 6.45) is 1.06. The SMILES string of the molecule is [CH2]C=NO. The molecule has 23 valence electrons. The van der Waals surface area contributed by atoms with Gasteiger partial charge in [-0.15, -0.1) is 5.16 Å². The fourth-order valence-corrected chi connectivity index (χ4v) is 0. The zero-order chi connectivity index (χ0) is 3.41. The third kappa shape index (κ3) is 1.47. The Bertz CT molecular complexity index is 21.2. The first-order chi connectivity index (χ1) is 1.91. The highest BCUT2D eigenvalue weighted by Crippen LogP contribution is 1.37. The lowest BCUT2D eigenvalue weighted by Gasteiger charge is -1.53. The van der Waals surface area contributed by atoms with Gasteiger partial charge in [-0.1, -0.05) is 0 Å². The minimum atomic E-state index is 1.06. The van der Waals surface area contributed by atoms with Gasteiger partial charge in [-0.25, -0.2) is 0 Å². The van der Waals surface area contributed by atoms with Crippen molar-refractivity contribution in [3.63, 3.8) is 0 Å². The highest BCUT2D eigenvalue weighted by Gasteiger charge is 1.35. The van der Waals surface area contributed by atoms with Crippen LogP contribution < -0.4 is 0 Å². The normalized spacial score (nSPS) is 9.25. The lowest BCUT2D eigenvalue weighted by atomic mass is 10.9. The van der Waals surface area contributed by atoms with Crippen molar-refractivity contribution < 1.29 is 5.21 Å². The number of nitrogens with zero attached hydrogens (tertiary/aromatic N) is 1. The summed E-state index contributed by atoms with van der Waals surface area (Å²) in [6, 6.07) is 0. The van der Waals surface area contributed by atoms with Crippen LogP contribution in [0.15, 0.2) is 5.16 Å². The van der Waals surface area contributed by atoms with Gasteiger partial charge in [0.05, 0.1) is 0 Å². The molecule has 0 aliphatic rings. The highest BCUT2D eigenvalue weighted by atomic mass is 16.4. The van der Waals surface area contributed by atoms with Crippen LogP contribution in [0.25, 0.3) is 0 Å². The van der Waals surface area contributed by atoms with E-state index < -0.39 is 0 Å². The van der Waals surface area contributed by atoms with Gasteiger partial charge in [-0.3, -0.25) is 0 Å². The van der Waals surface area contributed by atoms with Crippen LogP contribution in [0.1, 0.15) is 0 Å². The molecule has 0 aliphatic heterocycles. The Balaban J connectivity index is 2.55. The van der Waals surface area contributed by atoms with Crippen molar-refractivity contribution in [2.75, 3.05) is 0 Å². The van der Waals surface area contributed by atoms with Crippen LogP contribution >= 0.6 is 0 Å². The van der Waals surface area contributed by atoms with Gasteiger partial charge in [0.1, 0.15) is 0 Å². The molecule has 0 unspecified atom stereocenters. The predicted octanol–water partition coefficient (Wildman–Crippen LogP) is 0.280. The summed E-state index contributed by atoms with van der Waals surface area (Å²) < 4.78 is 0. The van der Waals surface area contributed by atoms with Crippen LogP contribution in [-0.4, -0.2) is 11.4 Å². The summed E-state index contributed by atoms with van der Waals surface area (Å²) in [5.74, 6) is 0. The van der Waals surface area contributed by atoms with Crippen molar-refractivity contribution in [3.05, 3.63) is 6.92 Å². The van der Waals surface area contributed by atoms with Crippen molar-refractivity contribution in [1.29, 1.82) is 0 Å². The Labute approximate surface area is 24.7 Å². The fourth-order valence-electron chi connectivity index (χ4n) is 0. The molecular formula is C2H4NO. The van der Waals surface area contributed by atoms with Gasteiger partial charge in [0, 0.05) is 6.21 Å². The quantitative estimate of drug-likeness (QED) is 0.242. The van der Waals surface area contributed by atoms with Crippen molar-refractivity contribution in [2.45, 2.75) is 0 Å². The Morgan fingerprint density at radius 1 is 2.00 bits per heavy atom. The zero-order valence-corrected chi connectivity index (χ0v) is 2.18. The average Bonchev–Trinajstić information content (AvgIpc) is 1.37. The van der Waals surface area contributed by atoms with Gasteiger partial charge in [0.15, 0.2) is 0 Å². The maximum atomic E-state index is 7.38. The second-order valence-corrected chi connectivity index (χ2v) is 0.298.